The Morgan fingerprint density at radius 3 is 2.51 bits per heavy atom. The second-order valence-corrected chi connectivity index (χ2v) is 13.5. The number of carbonyl (C=O) groups excluding carboxylic acids is 1. The second-order valence-electron chi connectivity index (χ2n) is 10.2. The standard InChI is InChI=1S/C28H28N9O3P/c1-37-24(41(39,17-8-9-17)18-10-11-18)14-21(36-37)19-6-3-7-20(26(19)40-2)32-22-13-23(34-35-25(22)27(30)38)33-28-16(15-29)5-4-12-31-28/h3-7,12-14,17-18H,8-11H2,1-2H3,(H2,30,38)(H2,31,32,33,34). The summed E-state index contributed by atoms with van der Waals surface area (Å²) in [6.45, 7) is 0. The number of hydrogen-bond donors (Lipinski definition) is 3. The largest absolute Gasteiger partial charge is 0.494 e. The summed E-state index contributed by atoms with van der Waals surface area (Å²) >= 11 is 0. The molecule has 41 heavy (non-hydrogen) atoms. The minimum absolute atomic E-state index is 0.0838. The van der Waals surface area contributed by atoms with Crippen LogP contribution in [0.25, 0.3) is 11.3 Å². The van der Waals surface area contributed by atoms with E-state index in [0.717, 1.165) is 31.1 Å². The van der Waals surface area contributed by atoms with Gasteiger partial charge in [0.1, 0.15) is 19.0 Å². The lowest BCUT2D eigenvalue weighted by Gasteiger charge is -2.17. The summed E-state index contributed by atoms with van der Waals surface area (Å²) in [6, 6.07) is 14.3. The maximum atomic E-state index is 14.2. The first kappa shape index (κ1) is 26.5. The van der Waals surface area contributed by atoms with Crippen LogP contribution in [0.15, 0.2) is 48.7 Å². The topological polar surface area (TPSA) is 174 Å². The number of primary amides is 1. The van der Waals surface area contributed by atoms with Gasteiger partial charge < -0.3 is 25.7 Å². The highest BCUT2D eigenvalue weighted by atomic mass is 31.2. The highest BCUT2D eigenvalue weighted by Crippen LogP contribution is 2.69. The highest BCUT2D eigenvalue weighted by Gasteiger charge is 2.53. The van der Waals surface area contributed by atoms with E-state index in [1.54, 1.807) is 42.3 Å². The van der Waals surface area contributed by atoms with E-state index in [0.29, 0.717) is 34.1 Å². The number of benzene rings is 1. The average molecular weight is 570 g/mol. The van der Waals surface area contributed by atoms with E-state index in [2.05, 4.69) is 31.9 Å². The van der Waals surface area contributed by atoms with Gasteiger partial charge in [-0.3, -0.25) is 9.48 Å². The number of para-hydroxylation sites is 1. The van der Waals surface area contributed by atoms with E-state index in [1.165, 1.54) is 0 Å². The first-order valence-electron chi connectivity index (χ1n) is 13.2. The fourth-order valence-electron chi connectivity index (χ4n) is 5.15. The quantitative estimate of drug-likeness (QED) is 0.236. The zero-order valence-corrected chi connectivity index (χ0v) is 23.4. The van der Waals surface area contributed by atoms with Crippen LogP contribution in [0.3, 0.4) is 0 Å². The van der Waals surface area contributed by atoms with Crippen molar-refractivity contribution in [2.75, 3.05) is 17.7 Å². The van der Waals surface area contributed by atoms with Crippen molar-refractivity contribution in [2.45, 2.75) is 37.0 Å². The molecule has 4 aromatic rings. The van der Waals surface area contributed by atoms with E-state index in [1.807, 2.05) is 25.2 Å². The zero-order chi connectivity index (χ0) is 28.7. The summed E-state index contributed by atoms with van der Waals surface area (Å²) in [6.07, 6.45) is 5.58. The maximum absolute atomic E-state index is 14.2. The molecule has 13 heteroatoms. The fourth-order valence-corrected chi connectivity index (χ4v) is 9.15. The number of anilines is 4. The Bertz CT molecular complexity index is 1740. The summed E-state index contributed by atoms with van der Waals surface area (Å²) in [4.78, 5) is 16.4. The van der Waals surface area contributed by atoms with Gasteiger partial charge in [-0.2, -0.15) is 10.4 Å². The van der Waals surface area contributed by atoms with Crippen molar-refractivity contribution in [3.05, 3.63) is 59.9 Å². The van der Waals surface area contributed by atoms with Gasteiger partial charge in [0.15, 0.2) is 17.3 Å². The molecule has 0 aliphatic heterocycles. The van der Waals surface area contributed by atoms with Gasteiger partial charge in [-0.05, 0) is 56.0 Å². The molecule has 2 saturated carbocycles. The number of carbonyl (C=O) groups is 1. The summed E-state index contributed by atoms with van der Waals surface area (Å²) in [7, 11) is 0.860. The van der Waals surface area contributed by atoms with Crippen molar-refractivity contribution >= 4 is 41.5 Å². The smallest absolute Gasteiger partial charge is 0.271 e. The molecule has 0 bridgehead atoms. The molecule has 0 unspecified atom stereocenters. The molecule has 2 aliphatic carbocycles. The normalized spacial score (nSPS) is 14.8. The zero-order valence-electron chi connectivity index (χ0n) is 22.5. The summed E-state index contributed by atoms with van der Waals surface area (Å²) < 4.78 is 21.8. The number of pyridine rings is 1. The van der Waals surface area contributed by atoms with Crippen LogP contribution in [0.1, 0.15) is 41.7 Å². The Morgan fingerprint density at radius 1 is 1.10 bits per heavy atom. The molecule has 6 rings (SSSR count). The molecule has 2 aliphatic rings. The van der Waals surface area contributed by atoms with E-state index in [9.17, 15) is 14.6 Å². The fraction of sp³-hybridized carbons (Fsp3) is 0.286. The Balaban J connectivity index is 1.36. The third-order valence-corrected chi connectivity index (χ3v) is 11.7. The molecule has 0 atom stereocenters. The van der Waals surface area contributed by atoms with Crippen LogP contribution in [-0.2, 0) is 11.6 Å². The van der Waals surface area contributed by atoms with Crippen molar-refractivity contribution in [3.8, 4) is 23.1 Å². The number of aryl methyl sites for hydroxylation is 1. The molecule has 0 spiro atoms. The van der Waals surface area contributed by atoms with Gasteiger partial charge in [-0.15, -0.1) is 10.2 Å². The first-order valence-corrected chi connectivity index (χ1v) is 15.1. The van der Waals surface area contributed by atoms with Crippen molar-refractivity contribution < 1.29 is 14.1 Å². The predicted octanol–water partition coefficient (Wildman–Crippen LogP) is 4.05. The molecule has 3 heterocycles. The highest BCUT2D eigenvalue weighted by molar-refractivity contribution is 7.73. The number of amides is 1. The summed E-state index contributed by atoms with van der Waals surface area (Å²) in [5.74, 6) is 0.237. The van der Waals surface area contributed by atoms with Gasteiger partial charge in [0.05, 0.1) is 35.2 Å². The van der Waals surface area contributed by atoms with Gasteiger partial charge in [0.25, 0.3) is 5.91 Å². The minimum Gasteiger partial charge on any atom is -0.494 e. The molecule has 12 nitrogen and oxygen atoms in total. The van der Waals surface area contributed by atoms with Gasteiger partial charge in [-0.1, -0.05) is 6.07 Å². The van der Waals surface area contributed by atoms with E-state index in [-0.39, 0.29) is 28.5 Å². The number of methoxy groups -OCH3 is 1. The van der Waals surface area contributed by atoms with E-state index >= 15 is 0 Å². The monoisotopic (exact) mass is 569 g/mol. The molecule has 0 saturated heterocycles. The molecule has 0 radical (unpaired) electrons. The molecule has 3 aromatic heterocycles. The summed E-state index contributed by atoms with van der Waals surface area (Å²) in [5, 5.41) is 28.3. The van der Waals surface area contributed by atoms with Crippen molar-refractivity contribution in [2.24, 2.45) is 12.8 Å². The third kappa shape index (κ3) is 4.89. The van der Waals surface area contributed by atoms with Gasteiger partial charge in [0, 0.05) is 36.2 Å². The number of ether oxygens (including phenoxy) is 1. The SMILES string of the molecule is COc1c(Nc2cc(Nc3ncccc3C#N)nnc2C(N)=O)cccc1-c1cc(P(=O)(C2CC2)C2CC2)n(C)n1. The molecular formula is C28H28N9O3P. The lowest BCUT2D eigenvalue weighted by molar-refractivity contribution is 0.0995. The van der Waals surface area contributed by atoms with Crippen LogP contribution >= 0.6 is 7.14 Å². The molecule has 4 N–H and O–H groups in total. The lowest BCUT2D eigenvalue weighted by Crippen LogP contribution is -2.20. The Kier molecular flexibility index (Phi) is 6.67. The number of hydrogen-bond acceptors (Lipinski definition) is 10. The van der Waals surface area contributed by atoms with Crippen LogP contribution < -0.4 is 26.5 Å². The average Bonchev–Trinajstić information content (AvgIpc) is 3.90. The van der Waals surface area contributed by atoms with Gasteiger partial charge in [-0.25, -0.2) is 4.98 Å². The number of nitrogens with zero attached hydrogens (tertiary/aromatic N) is 6. The first-order chi connectivity index (χ1) is 19.8. The van der Waals surface area contributed by atoms with Crippen molar-refractivity contribution in [1.29, 1.82) is 5.26 Å². The Morgan fingerprint density at radius 2 is 1.85 bits per heavy atom. The number of nitrogens with two attached hydrogens (primary N) is 1. The predicted molar refractivity (Wildman–Crippen MR) is 155 cm³/mol. The number of nitrogens with one attached hydrogen (secondary N) is 2. The molecule has 208 valence electrons. The van der Waals surface area contributed by atoms with Gasteiger partial charge in [0.2, 0.25) is 0 Å². The van der Waals surface area contributed by atoms with Gasteiger partial charge >= 0.3 is 0 Å². The summed E-state index contributed by atoms with van der Waals surface area (Å²) in [5.41, 5.74) is 9.32. The van der Waals surface area contributed by atoms with E-state index < -0.39 is 13.0 Å². The van der Waals surface area contributed by atoms with Crippen LogP contribution in [-0.4, -0.2) is 49.3 Å². The van der Waals surface area contributed by atoms with Crippen LogP contribution in [0, 0.1) is 11.3 Å². The Hall–Kier alpha value is -4.75. The maximum Gasteiger partial charge on any atom is 0.271 e. The minimum atomic E-state index is -2.53. The van der Waals surface area contributed by atoms with E-state index in [4.69, 9.17) is 15.6 Å². The number of aromatic nitrogens is 5. The number of nitriles is 1. The second kappa shape index (κ2) is 10.3. The molecule has 1 amide bonds. The lowest BCUT2D eigenvalue weighted by atomic mass is 10.1. The third-order valence-electron chi connectivity index (χ3n) is 7.36. The molecule has 1 aromatic carbocycles. The van der Waals surface area contributed by atoms with Crippen molar-refractivity contribution in [1.82, 2.24) is 25.0 Å². The van der Waals surface area contributed by atoms with Crippen LogP contribution in [0.4, 0.5) is 23.0 Å². The molecule has 2 fully saturated rings. The molecular weight excluding hydrogens is 541 g/mol. The van der Waals surface area contributed by atoms with Crippen LogP contribution in [0.2, 0.25) is 0 Å². The van der Waals surface area contributed by atoms with Crippen molar-refractivity contribution in [3.63, 3.8) is 0 Å². The van der Waals surface area contributed by atoms with Crippen LogP contribution in [0.5, 0.6) is 5.75 Å². The number of rotatable bonds is 10. The Labute approximate surface area is 236 Å².